The lowest BCUT2D eigenvalue weighted by atomic mass is 9.73. The molecule has 3 heterocycles. The zero-order valence-corrected chi connectivity index (χ0v) is 19.8. The van der Waals surface area contributed by atoms with E-state index < -0.39 is 0 Å². The van der Waals surface area contributed by atoms with Crippen LogP contribution in [0, 0.1) is 5.41 Å². The van der Waals surface area contributed by atoms with Gasteiger partial charge < -0.3 is 15.2 Å². The van der Waals surface area contributed by atoms with Gasteiger partial charge in [-0.1, -0.05) is 53.5 Å². The van der Waals surface area contributed by atoms with Crippen LogP contribution < -0.4 is 10.6 Å². The fraction of sp³-hybridized carbons (Fsp3) is 0.320. The molecule has 1 aliphatic heterocycles. The molecule has 1 saturated heterocycles. The number of anilines is 1. The van der Waals surface area contributed by atoms with Gasteiger partial charge in [0.1, 0.15) is 11.3 Å². The summed E-state index contributed by atoms with van der Waals surface area (Å²) < 4.78 is 1.95. The van der Waals surface area contributed by atoms with Crippen LogP contribution in [0.25, 0.3) is 22.6 Å². The molecule has 6 nitrogen and oxygen atoms in total. The summed E-state index contributed by atoms with van der Waals surface area (Å²) in [5.41, 5.74) is 11.9. The minimum Gasteiger partial charge on any atom is -0.341 e. The zero-order chi connectivity index (χ0) is 22.7. The topological polar surface area (TPSA) is 72.9 Å². The van der Waals surface area contributed by atoms with Gasteiger partial charge in [0.2, 0.25) is 5.95 Å². The number of aromatic nitrogens is 4. The second-order valence-corrected chi connectivity index (χ2v) is 9.96. The molecule has 1 fully saturated rings. The number of benzene rings is 2. The molecule has 0 saturated carbocycles. The van der Waals surface area contributed by atoms with Crippen LogP contribution >= 0.6 is 23.2 Å². The van der Waals surface area contributed by atoms with E-state index in [-0.39, 0.29) is 11.5 Å². The molecule has 1 aliphatic carbocycles. The number of rotatable bonds is 2. The molecule has 2 aromatic heterocycles. The van der Waals surface area contributed by atoms with Gasteiger partial charge in [-0.05, 0) is 47.9 Å². The Hall–Kier alpha value is -2.67. The molecule has 8 heteroatoms. The van der Waals surface area contributed by atoms with Crippen molar-refractivity contribution in [2.45, 2.75) is 25.3 Å². The van der Waals surface area contributed by atoms with Gasteiger partial charge in [0, 0.05) is 31.7 Å². The fourth-order valence-corrected chi connectivity index (χ4v) is 5.88. The summed E-state index contributed by atoms with van der Waals surface area (Å²) in [5, 5.41) is 0.989. The number of piperidine rings is 1. The van der Waals surface area contributed by atoms with Crippen molar-refractivity contribution >= 4 is 40.3 Å². The van der Waals surface area contributed by atoms with Crippen molar-refractivity contribution in [1.29, 1.82) is 0 Å². The average Bonchev–Trinajstić information content (AvgIpc) is 3.30. The summed E-state index contributed by atoms with van der Waals surface area (Å²) >= 11 is 12.7. The standard InChI is InChI=1S/C25H24Cl2N6/c1-32-19-14-29-24(31-22(19)30-23(32)17-7-4-8-18(26)20(17)27)33-11-9-25(10-12-33)13-15-5-2-3-6-16(15)21(25)28/h2-8,14,21H,9-13,28H2,1H3/t21-/m1/s1. The van der Waals surface area contributed by atoms with Crippen LogP contribution in [0.3, 0.4) is 0 Å². The van der Waals surface area contributed by atoms with Crippen LogP contribution in [0.15, 0.2) is 48.7 Å². The predicted molar refractivity (Wildman–Crippen MR) is 133 cm³/mol. The molecule has 6 rings (SSSR count). The molecule has 2 aromatic carbocycles. The number of imidazole rings is 1. The Bertz CT molecular complexity index is 1370. The highest BCUT2D eigenvalue weighted by Gasteiger charge is 2.46. The third kappa shape index (κ3) is 3.23. The summed E-state index contributed by atoms with van der Waals surface area (Å²) in [5.74, 6) is 1.43. The van der Waals surface area contributed by atoms with Gasteiger partial charge in [-0.2, -0.15) is 4.98 Å². The van der Waals surface area contributed by atoms with Crippen LogP contribution in [0.2, 0.25) is 10.0 Å². The normalized spacial score (nSPS) is 19.4. The summed E-state index contributed by atoms with van der Waals surface area (Å²) in [7, 11) is 1.94. The Labute approximate surface area is 202 Å². The molecule has 2 aliphatic rings. The smallest absolute Gasteiger partial charge is 0.227 e. The number of halogens is 2. The molecule has 168 valence electrons. The van der Waals surface area contributed by atoms with Crippen molar-refractivity contribution in [2.75, 3.05) is 18.0 Å². The number of fused-ring (bicyclic) bond motifs is 2. The number of nitrogens with zero attached hydrogens (tertiary/aromatic N) is 5. The van der Waals surface area contributed by atoms with Gasteiger partial charge in [0.05, 0.1) is 16.2 Å². The number of aryl methyl sites for hydroxylation is 1. The predicted octanol–water partition coefficient (Wildman–Crippen LogP) is 5.18. The van der Waals surface area contributed by atoms with E-state index in [4.69, 9.17) is 38.9 Å². The van der Waals surface area contributed by atoms with Crippen molar-refractivity contribution < 1.29 is 0 Å². The van der Waals surface area contributed by atoms with Gasteiger partial charge in [0.25, 0.3) is 0 Å². The van der Waals surface area contributed by atoms with Crippen LogP contribution in [-0.4, -0.2) is 32.6 Å². The summed E-state index contributed by atoms with van der Waals surface area (Å²) in [6.07, 6.45) is 4.95. The number of hydrogen-bond donors (Lipinski definition) is 1. The highest BCUT2D eigenvalue weighted by molar-refractivity contribution is 6.43. The Morgan fingerprint density at radius 3 is 2.61 bits per heavy atom. The largest absolute Gasteiger partial charge is 0.341 e. The van der Waals surface area contributed by atoms with E-state index in [1.807, 2.05) is 29.9 Å². The number of nitrogens with two attached hydrogens (primary N) is 1. The van der Waals surface area contributed by atoms with Gasteiger partial charge in [-0.25, -0.2) is 9.97 Å². The molecule has 0 amide bonds. The molecule has 2 N–H and O–H groups in total. The van der Waals surface area contributed by atoms with E-state index in [0.717, 1.165) is 49.3 Å². The fourth-order valence-electron chi connectivity index (χ4n) is 5.49. The molecule has 1 atom stereocenters. The first kappa shape index (κ1) is 20.9. The molecule has 0 radical (unpaired) electrons. The van der Waals surface area contributed by atoms with Crippen LogP contribution in [-0.2, 0) is 13.5 Å². The van der Waals surface area contributed by atoms with E-state index in [1.165, 1.54) is 11.1 Å². The minimum atomic E-state index is 0.0973. The molecular weight excluding hydrogens is 455 g/mol. The minimum absolute atomic E-state index is 0.0973. The van der Waals surface area contributed by atoms with Crippen LogP contribution in [0.5, 0.6) is 0 Å². The van der Waals surface area contributed by atoms with Crippen molar-refractivity contribution in [3.8, 4) is 11.4 Å². The van der Waals surface area contributed by atoms with Gasteiger partial charge in [-0.15, -0.1) is 0 Å². The number of hydrogen-bond acceptors (Lipinski definition) is 5. The average molecular weight is 479 g/mol. The van der Waals surface area contributed by atoms with Crippen molar-refractivity contribution in [3.05, 3.63) is 69.8 Å². The van der Waals surface area contributed by atoms with Crippen molar-refractivity contribution in [2.24, 2.45) is 18.2 Å². The quantitative estimate of drug-likeness (QED) is 0.429. The first-order valence-corrected chi connectivity index (χ1v) is 11.9. The van der Waals surface area contributed by atoms with Crippen LogP contribution in [0.1, 0.15) is 30.0 Å². The van der Waals surface area contributed by atoms with Gasteiger partial charge in [-0.3, -0.25) is 0 Å². The Morgan fingerprint density at radius 1 is 1.03 bits per heavy atom. The Morgan fingerprint density at radius 2 is 1.82 bits per heavy atom. The molecule has 0 unspecified atom stereocenters. The first-order chi connectivity index (χ1) is 16.0. The maximum atomic E-state index is 6.73. The van der Waals surface area contributed by atoms with E-state index in [2.05, 4.69) is 34.1 Å². The summed E-state index contributed by atoms with van der Waals surface area (Å²) in [6, 6.07) is 14.3. The third-order valence-corrected chi connectivity index (χ3v) is 8.27. The molecule has 1 spiro atoms. The lowest BCUT2D eigenvalue weighted by Gasteiger charge is -2.42. The van der Waals surface area contributed by atoms with Gasteiger partial charge >= 0.3 is 0 Å². The molecule has 33 heavy (non-hydrogen) atoms. The van der Waals surface area contributed by atoms with E-state index in [9.17, 15) is 0 Å². The lowest BCUT2D eigenvalue weighted by Crippen LogP contribution is -2.44. The second kappa shape index (κ2) is 7.69. The highest BCUT2D eigenvalue weighted by atomic mass is 35.5. The van der Waals surface area contributed by atoms with Crippen LogP contribution in [0.4, 0.5) is 5.95 Å². The molecule has 0 bridgehead atoms. The highest BCUT2D eigenvalue weighted by Crippen LogP contribution is 2.50. The molecule has 4 aromatic rings. The lowest BCUT2D eigenvalue weighted by molar-refractivity contribution is 0.187. The Balaban J connectivity index is 1.27. The Kier molecular flexibility index (Phi) is 4.87. The summed E-state index contributed by atoms with van der Waals surface area (Å²) in [4.78, 5) is 16.5. The maximum absolute atomic E-state index is 6.73. The SMILES string of the molecule is Cn1c(-c2cccc(Cl)c2Cl)nc2nc(N3CCC4(CC3)Cc3ccccc3[C@H]4N)ncc21. The van der Waals surface area contributed by atoms with E-state index in [0.29, 0.717) is 21.6 Å². The van der Waals surface area contributed by atoms with Crippen molar-refractivity contribution in [3.63, 3.8) is 0 Å². The van der Waals surface area contributed by atoms with Crippen molar-refractivity contribution in [1.82, 2.24) is 19.5 Å². The zero-order valence-electron chi connectivity index (χ0n) is 18.3. The third-order valence-electron chi connectivity index (χ3n) is 7.46. The maximum Gasteiger partial charge on any atom is 0.227 e. The monoisotopic (exact) mass is 478 g/mol. The van der Waals surface area contributed by atoms with Gasteiger partial charge in [0.15, 0.2) is 5.65 Å². The second-order valence-electron chi connectivity index (χ2n) is 9.18. The molecular formula is C25H24Cl2N6. The van der Waals surface area contributed by atoms with E-state index >= 15 is 0 Å². The van der Waals surface area contributed by atoms with E-state index in [1.54, 1.807) is 6.07 Å². The first-order valence-electron chi connectivity index (χ1n) is 11.2. The summed E-state index contributed by atoms with van der Waals surface area (Å²) in [6.45, 7) is 1.76.